The first kappa shape index (κ1) is 18.2. The summed E-state index contributed by atoms with van der Waals surface area (Å²) in [6, 6.07) is 5.28. The SMILES string of the molecule is NCC1CCCC(CC23C=CC=C(C2=S)c2nc4ccc(Cl)cc4c(=O)n23)C1. The summed E-state index contributed by atoms with van der Waals surface area (Å²) in [6.07, 6.45) is 11.6. The number of aromatic nitrogens is 2. The van der Waals surface area contributed by atoms with Crippen LogP contribution in [0.15, 0.2) is 41.2 Å². The zero-order valence-electron chi connectivity index (χ0n) is 15.5. The van der Waals surface area contributed by atoms with E-state index in [1.165, 1.54) is 12.8 Å². The molecule has 0 saturated heterocycles. The smallest absolute Gasteiger partial charge is 0.262 e. The lowest BCUT2D eigenvalue weighted by atomic mass is 9.73. The highest BCUT2D eigenvalue weighted by Gasteiger charge is 2.48. The Morgan fingerprint density at radius 3 is 2.96 bits per heavy atom. The van der Waals surface area contributed by atoms with Crippen LogP contribution in [0.5, 0.6) is 0 Å². The number of benzene rings is 1. The third-order valence-corrected chi connectivity index (χ3v) is 7.38. The van der Waals surface area contributed by atoms with Crippen molar-refractivity contribution in [3.63, 3.8) is 0 Å². The molecule has 2 heterocycles. The van der Waals surface area contributed by atoms with Crippen LogP contribution in [0.3, 0.4) is 0 Å². The number of nitrogens with zero attached hydrogens (tertiary/aromatic N) is 2. The second-order valence-electron chi connectivity index (χ2n) is 8.27. The maximum Gasteiger partial charge on any atom is 0.262 e. The molecule has 28 heavy (non-hydrogen) atoms. The fourth-order valence-electron chi connectivity index (χ4n) is 5.24. The fourth-order valence-corrected chi connectivity index (χ4v) is 5.82. The topological polar surface area (TPSA) is 60.9 Å². The van der Waals surface area contributed by atoms with E-state index >= 15 is 0 Å². The summed E-state index contributed by atoms with van der Waals surface area (Å²) in [5.41, 5.74) is 6.85. The molecule has 1 saturated carbocycles. The van der Waals surface area contributed by atoms with E-state index in [2.05, 4.69) is 6.08 Å². The van der Waals surface area contributed by atoms with Crippen molar-refractivity contribution in [2.24, 2.45) is 17.6 Å². The summed E-state index contributed by atoms with van der Waals surface area (Å²) in [5, 5.41) is 1.08. The molecule has 0 radical (unpaired) electrons. The molecule has 3 atom stereocenters. The van der Waals surface area contributed by atoms with E-state index in [9.17, 15) is 4.79 Å². The fraction of sp³-hybridized carbons (Fsp3) is 0.409. The predicted octanol–water partition coefficient (Wildman–Crippen LogP) is 4.24. The Morgan fingerprint density at radius 2 is 2.14 bits per heavy atom. The zero-order chi connectivity index (χ0) is 19.5. The quantitative estimate of drug-likeness (QED) is 0.767. The first-order chi connectivity index (χ1) is 13.5. The Balaban J connectivity index is 1.68. The molecule has 2 aliphatic carbocycles. The van der Waals surface area contributed by atoms with Crippen LogP contribution in [0.1, 0.15) is 37.9 Å². The van der Waals surface area contributed by atoms with E-state index in [1.54, 1.807) is 18.2 Å². The lowest BCUT2D eigenvalue weighted by molar-refractivity contribution is 0.228. The number of halogens is 1. The minimum atomic E-state index is -0.601. The summed E-state index contributed by atoms with van der Waals surface area (Å²) < 4.78 is 1.83. The third kappa shape index (κ3) is 2.56. The number of thiocarbonyl (C=S) groups is 1. The normalized spacial score (nSPS) is 28.5. The van der Waals surface area contributed by atoms with Crippen LogP contribution in [0, 0.1) is 11.8 Å². The number of hydrogen-bond acceptors (Lipinski definition) is 4. The average molecular weight is 412 g/mol. The first-order valence-electron chi connectivity index (χ1n) is 9.91. The van der Waals surface area contributed by atoms with Crippen LogP contribution in [0.2, 0.25) is 5.02 Å². The van der Waals surface area contributed by atoms with Crippen LogP contribution >= 0.6 is 23.8 Å². The van der Waals surface area contributed by atoms with Crippen LogP contribution in [-0.4, -0.2) is 21.0 Å². The van der Waals surface area contributed by atoms with Gasteiger partial charge >= 0.3 is 0 Å². The molecule has 3 aliphatic rings. The van der Waals surface area contributed by atoms with Crippen LogP contribution in [0.4, 0.5) is 0 Å². The number of fused-ring (bicyclic) bond motifs is 6. The van der Waals surface area contributed by atoms with E-state index in [1.807, 2.05) is 16.7 Å². The predicted molar refractivity (Wildman–Crippen MR) is 118 cm³/mol. The molecule has 1 fully saturated rings. The minimum Gasteiger partial charge on any atom is -0.330 e. The second-order valence-corrected chi connectivity index (χ2v) is 9.11. The highest BCUT2D eigenvalue weighted by Crippen LogP contribution is 2.46. The van der Waals surface area contributed by atoms with Crippen molar-refractivity contribution < 1.29 is 0 Å². The standard InChI is InChI=1S/C22H22ClN3OS/c23-15-6-7-18-17(10-15)21(27)26-20(25-18)16-5-2-8-22(26,19(16)28)11-13-3-1-4-14(9-13)12-24/h2,5-8,10,13-14H,1,3-4,9,11-12,24H2. The van der Waals surface area contributed by atoms with E-state index in [0.717, 1.165) is 36.2 Å². The molecule has 2 bridgehead atoms. The molecular weight excluding hydrogens is 390 g/mol. The first-order valence-corrected chi connectivity index (χ1v) is 10.7. The number of rotatable bonds is 3. The largest absolute Gasteiger partial charge is 0.330 e. The summed E-state index contributed by atoms with van der Waals surface area (Å²) >= 11 is 12.1. The van der Waals surface area contributed by atoms with Crippen molar-refractivity contribution in [1.82, 2.24) is 9.55 Å². The molecule has 1 aromatic carbocycles. The Hall–Kier alpha value is -1.82. The number of hydrogen-bond donors (Lipinski definition) is 1. The Bertz CT molecular complexity index is 1120. The molecule has 0 amide bonds. The van der Waals surface area contributed by atoms with Crippen molar-refractivity contribution in [2.75, 3.05) is 6.54 Å². The van der Waals surface area contributed by atoms with Gasteiger partial charge in [0.2, 0.25) is 0 Å². The van der Waals surface area contributed by atoms with Gasteiger partial charge in [0.15, 0.2) is 0 Å². The van der Waals surface area contributed by atoms with Crippen molar-refractivity contribution in [3.05, 3.63) is 57.6 Å². The Labute approximate surface area is 174 Å². The molecule has 3 unspecified atom stereocenters. The molecule has 0 spiro atoms. The van der Waals surface area contributed by atoms with Gasteiger partial charge in [-0.05, 0) is 55.8 Å². The third-order valence-electron chi connectivity index (χ3n) is 6.57. The molecule has 1 aromatic heterocycles. The molecule has 2 N–H and O–H groups in total. The van der Waals surface area contributed by atoms with Crippen molar-refractivity contribution in [3.8, 4) is 0 Å². The summed E-state index contributed by atoms with van der Waals surface area (Å²) in [5.74, 6) is 1.75. The summed E-state index contributed by atoms with van der Waals surface area (Å²) in [7, 11) is 0. The molecule has 144 valence electrons. The molecular formula is C22H22ClN3OS. The summed E-state index contributed by atoms with van der Waals surface area (Å²) in [6.45, 7) is 0.732. The highest BCUT2D eigenvalue weighted by atomic mass is 35.5. The number of nitrogens with two attached hydrogens (primary N) is 1. The van der Waals surface area contributed by atoms with Crippen LogP contribution in [0.25, 0.3) is 16.5 Å². The van der Waals surface area contributed by atoms with Gasteiger partial charge < -0.3 is 5.73 Å². The van der Waals surface area contributed by atoms with E-state index in [0.29, 0.717) is 33.6 Å². The van der Waals surface area contributed by atoms with E-state index in [4.69, 9.17) is 34.5 Å². The van der Waals surface area contributed by atoms with Crippen LogP contribution < -0.4 is 11.3 Å². The zero-order valence-corrected chi connectivity index (χ0v) is 17.1. The van der Waals surface area contributed by atoms with Crippen molar-refractivity contribution >= 4 is 45.2 Å². The van der Waals surface area contributed by atoms with Gasteiger partial charge in [-0.1, -0.05) is 54.9 Å². The highest BCUT2D eigenvalue weighted by molar-refractivity contribution is 7.81. The minimum absolute atomic E-state index is 0.0639. The number of allylic oxidation sites excluding steroid dienone is 4. The van der Waals surface area contributed by atoms with Crippen molar-refractivity contribution in [1.29, 1.82) is 0 Å². The van der Waals surface area contributed by atoms with Gasteiger partial charge in [0.05, 0.1) is 15.8 Å². The van der Waals surface area contributed by atoms with Gasteiger partial charge in [0.25, 0.3) is 5.56 Å². The molecule has 4 nitrogen and oxygen atoms in total. The van der Waals surface area contributed by atoms with Gasteiger partial charge in [-0.2, -0.15) is 0 Å². The molecule has 1 aliphatic heterocycles. The van der Waals surface area contributed by atoms with Crippen LogP contribution in [-0.2, 0) is 5.54 Å². The maximum absolute atomic E-state index is 13.6. The molecule has 2 aromatic rings. The maximum atomic E-state index is 13.6. The Morgan fingerprint density at radius 1 is 1.32 bits per heavy atom. The van der Waals surface area contributed by atoms with Gasteiger partial charge in [0.1, 0.15) is 11.4 Å². The Kier molecular flexibility index (Phi) is 4.30. The lowest BCUT2D eigenvalue weighted by Crippen LogP contribution is -2.44. The lowest BCUT2D eigenvalue weighted by Gasteiger charge is -2.36. The van der Waals surface area contributed by atoms with E-state index in [-0.39, 0.29) is 5.56 Å². The van der Waals surface area contributed by atoms with Crippen molar-refractivity contribution in [2.45, 2.75) is 37.6 Å². The average Bonchev–Trinajstić information content (AvgIpc) is 2.82. The van der Waals surface area contributed by atoms with Gasteiger partial charge in [0, 0.05) is 10.6 Å². The summed E-state index contributed by atoms with van der Waals surface area (Å²) in [4.78, 5) is 19.2. The second kappa shape index (κ2) is 6.61. The monoisotopic (exact) mass is 411 g/mol. The van der Waals surface area contributed by atoms with Gasteiger partial charge in [-0.25, -0.2) is 4.98 Å². The van der Waals surface area contributed by atoms with E-state index < -0.39 is 5.54 Å². The molecule has 5 rings (SSSR count). The molecule has 6 heteroatoms. The van der Waals surface area contributed by atoms with Gasteiger partial charge in [-0.15, -0.1) is 0 Å². The van der Waals surface area contributed by atoms with Gasteiger partial charge in [-0.3, -0.25) is 9.36 Å².